The van der Waals surface area contributed by atoms with E-state index in [-0.39, 0.29) is 5.56 Å². The smallest absolute Gasteiger partial charge is 0.291 e. The summed E-state index contributed by atoms with van der Waals surface area (Å²) in [7, 11) is 0. The van der Waals surface area contributed by atoms with Gasteiger partial charge in [0.1, 0.15) is 0 Å². The normalized spacial score (nSPS) is 11.4. The van der Waals surface area contributed by atoms with Crippen LogP contribution in [0.15, 0.2) is 57.5 Å². The van der Waals surface area contributed by atoms with Gasteiger partial charge in [0, 0.05) is 5.39 Å². The first kappa shape index (κ1) is 11.4. The second-order valence-corrected chi connectivity index (χ2v) is 4.25. The van der Waals surface area contributed by atoms with E-state index < -0.39 is 0 Å². The van der Waals surface area contributed by atoms with Gasteiger partial charge in [0.05, 0.1) is 11.4 Å². The molecule has 5 heteroatoms. The van der Waals surface area contributed by atoms with Gasteiger partial charge in [0.15, 0.2) is 5.69 Å². The van der Waals surface area contributed by atoms with Crippen LogP contribution in [-0.2, 0) is 0 Å². The highest BCUT2D eigenvalue weighted by molar-refractivity contribution is 5.92. The highest BCUT2D eigenvalue weighted by Gasteiger charge is 2.04. The van der Waals surface area contributed by atoms with Crippen molar-refractivity contribution in [3.05, 3.63) is 58.5 Å². The molecular formula is C14H12N4O. The fraction of sp³-hybridized carbons (Fsp3) is 0.0714. The highest BCUT2D eigenvalue weighted by Crippen LogP contribution is 2.27. The van der Waals surface area contributed by atoms with Gasteiger partial charge in [-0.15, -0.1) is 10.2 Å². The second-order valence-electron chi connectivity index (χ2n) is 4.25. The van der Waals surface area contributed by atoms with E-state index in [0.717, 1.165) is 16.5 Å². The molecule has 0 amide bonds. The average Bonchev–Trinajstić information content (AvgIpc) is 2.76. The summed E-state index contributed by atoms with van der Waals surface area (Å²) in [6.45, 7) is 1.77. The molecule has 0 aliphatic heterocycles. The molecular weight excluding hydrogens is 240 g/mol. The maximum Gasteiger partial charge on any atom is 0.291 e. The molecule has 0 aliphatic rings. The molecule has 94 valence electrons. The monoisotopic (exact) mass is 252 g/mol. The number of nitrogens with one attached hydrogen (secondary N) is 2. The molecule has 19 heavy (non-hydrogen) atoms. The van der Waals surface area contributed by atoms with Crippen molar-refractivity contribution in [1.29, 1.82) is 0 Å². The predicted molar refractivity (Wildman–Crippen MR) is 74.3 cm³/mol. The third-order valence-electron chi connectivity index (χ3n) is 2.96. The predicted octanol–water partition coefficient (Wildman–Crippen LogP) is 3.58. The van der Waals surface area contributed by atoms with E-state index in [2.05, 4.69) is 20.4 Å². The minimum absolute atomic E-state index is 0.263. The van der Waals surface area contributed by atoms with Crippen LogP contribution in [0.5, 0.6) is 0 Å². The number of nitrogens with zero attached hydrogens (tertiary/aromatic N) is 2. The van der Waals surface area contributed by atoms with Crippen molar-refractivity contribution in [3.63, 3.8) is 0 Å². The molecule has 0 spiro atoms. The number of hydrogen-bond acceptors (Lipinski definition) is 3. The van der Waals surface area contributed by atoms with Crippen molar-refractivity contribution in [2.24, 2.45) is 10.2 Å². The zero-order valence-corrected chi connectivity index (χ0v) is 10.3. The Morgan fingerprint density at radius 3 is 2.53 bits per heavy atom. The van der Waals surface area contributed by atoms with Gasteiger partial charge >= 0.3 is 0 Å². The summed E-state index contributed by atoms with van der Waals surface area (Å²) in [6.07, 6.45) is 0. The molecule has 0 unspecified atom stereocenters. The van der Waals surface area contributed by atoms with E-state index in [9.17, 15) is 4.79 Å². The first-order chi connectivity index (χ1) is 9.25. The van der Waals surface area contributed by atoms with Crippen LogP contribution in [0, 0.1) is 6.92 Å². The van der Waals surface area contributed by atoms with Crippen LogP contribution in [0.1, 0.15) is 5.69 Å². The lowest BCUT2D eigenvalue weighted by Gasteiger charge is -1.99. The zero-order chi connectivity index (χ0) is 13.2. The fourth-order valence-electron chi connectivity index (χ4n) is 1.96. The van der Waals surface area contributed by atoms with Crippen molar-refractivity contribution in [2.75, 3.05) is 0 Å². The molecule has 3 aromatic rings. The average molecular weight is 252 g/mol. The van der Waals surface area contributed by atoms with Crippen LogP contribution >= 0.6 is 0 Å². The van der Waals surface area contributed by atoms with Crippen molar-refractivity contribution in [3.8, 4) is 0 Å². The lowest BCUT2D eigenvalue weighted by atomic mass is 10.1. The first-order valence-electron chi connectivity index (χ1n) is 5.92. The molecule has 2 aromatic carbocycles. The minimum atomic E-state index is -0.263. The number of azo groups is 1. The van der Waals surface area contributed by atoms with Gasteiger partial charge in [0.25, 0.3) is 5.56 Å². The number of aromatic nitrogens is 2. The largest absolute Gasteiger partial charge is 0.300 e. The summed E-state index contributed by atoms with van der Waals surface area (Å²) in [5.74, 6) is 0. The highest BCUT2D eigenvalue weighted by atomic mass is 16.1. The topological polar surface area (TPSA) is 73.4 Å². The summed E-state index contributed by atoms with van der Waals surface area (Å²) >= 11 is 0. The maximum absolute atomic E-state index is 11.5. The molecule has 5 nitrogen and oxygen atoms in total. The number of aromatic amines is 2. The molecule has 0 aliphatic carbocycles. The van der Waals surface area contributed by atoms with Crippen LogP contribution < -0.4 is 5.56 Å². The number of rotatable bonds is 2. The second kappa shape index (κ2) is 4.53. The van der Waals surface area contributed by atoms with Gasteiger partial charge in [-0.1, -0.05) is 36.4 Å². The third-order valence-corrected chi connectivity index (χ3v) is 2.96. The molecule has 0 saturated carbocycles. The van der Waals surface area contributed by atoms with Crippen LogP contribution in [0.3, 0.4) is 0 Å². The Hall–Kier alpha value is -2.69. The quantitative estimate of drug-likeness (QED) is 0.672. The molecule has 3 rings (SSSR count). The van der Waals surface area contributed by atoms with E-state index in [4.69, 9.17) is 0 Å². The number of benzene rings is 2. The summed E-state index contributed by atoms with van der Waals surface area (Å²) in [6, 6.07) is 13.7. The van der Waals surface area contributed by atoms with E-state index in [1.165, 1.54) is 0 Å². The Morgan fingerprint density at radius 1 is 0.947 bits per heavy atom. The lowest BCUT2D eigenvalue weighted by Crippen LogP contribution is -1.96. The van der Waals surface area contributed by atoms with E-state index in [1.54, 1.807) is 6.92 Å². The standard InChI is InChI=1S/C14H12N4O/c1-9-13(14(19)18-15-9)17-16-12-8-4-6-10-5-2-3-7-11(10)12/h2-8H,1H3,(H2,15,18,19). The number of aryl methyl sites for hydroxylation is 1. The lowest BCUT2D eigenvalue weighted by molar-refractivity contribution is 1.02. The molecule has 0 fully saturated rings. The summed E-state index contributed by atoms with van der Waals surface area (Å²) in [5, 5.41) is 15.5. The van der Waals surface area contributed by atoms with Gasteiger partial charge in [-0.3, -0.25) is 9.89 Å². The Kier molecular flexibility index (Phi) is 2.72. The molecule has 0 atom stereocenters. The van der Waals surface area contributed by atoms with Crippen molar-refractivity contribution < 1.29 is 0 Å². The molecule has 0 radical (unpaired) electrons. The summed E-state index contributed by atoms with van der Waals surface area (Å²) in [4.78, 5) is 11.5. The van der Waals surface area contributed by atoms with Crippen molar-refractivity contribution in [1.82, 2.24) is 10.2 Å². The zero-order valence-electron chi connectivity index (χ0n) is 10.3. The maximum atomic E-state index is 11.5. The van der Waals surface area contributed by atoms with Crippen molar-refractivity contribution in [2.45, 2.75) is 6.92 Å². The first-order valence-corrected chi connectivity index (χ1v) is 5.92. The van der Waals surface area contributed by atoms with Gasteiger partial charge in [-0.25, -0.2) is 0 Å². The molecule has 1 heterocycles. The number of hydrogen-bond donors (Lipinski definition) is 2. The van der Waals surface area contributed by atoms with Gasteiger partial charge in [0.2, 0.25) is 0 Å². The Bertz CT molecular complexity index is 808. The Labute approximate surface area is 109 Å². The Morgan fingerprint density at radius 2 is 1.74 bits per heavy atom. The molecule has 0 bridgehead atoms. The third kappa shape index (κ3) is 2.06. The van der Waals surface area contributed by atoms with Crippen LogP contribution in [0.2, 0.25) is 0 Å². The molecule has 2 N–H and O–H groups in total. The van der Waals surface area contributed by atoms with E-state index >= 15 is 0 Å². The van der Waals surface area contributed by atoms with Crippen LogP contribution in [0.4, 0.5) is 11.4 Å². The van der Waals surface area contributed by atoms with E-state index in [1.807, 2.05) is 42.5 Å². The van der Waals surface area contributed by atoms with Crippen LogP contribution in [0.25, 0.3) is 10.8 Å². The van der Waals surface area contributed by atoms with Crippen molar-refractivity contribution >= 4 is 22.1 Å². The number of H-pyrrole nitrogens is 2. The number of fused-ring (bicyclic) bond motifs is 1. The van der Waals surface area contributed by atoms with Crippen LogP contribution in [-0.4, -0.2) is 10.2 Å². The fourth-order valence-corrected chi connectivity index (χ4v) is 1.96. The Balaban J connectivity index is 2.09. The SMILES string of the molecule is Cc1[nH][nH]c(=O)c1N=Nc1cccc2ccccc12. The van der Waals surface area contributed by atoms with Gasteiger partial charge in [-0.2, -0.15) is 0 Å². The van der Waals surface area contributed by atoms with E-state index in [0.29, 0.717) is 11.4 Å². The molecule has 0 saturated heterocycles. The van der Waals surface area contributed by atoms with Gasteiger partial charge in [-0.05, 0) is 18.4 Å². The molecule has 1 aromatic heterocycles. The van der Waals surface area contributed by atoms with Gasteiger partial charge < -0.3 is 5.10 Å². The summed E-state index contributed by atoms with van der Waals surface area (Å²) < 4.78 is 0. The summed E-state index contributed by atoms with van der Waals surface area (Å²) in [5.41, 5.74) is 1.47. The minimum Gasteiger partial charge on any atom is -0.300 e.